The first-order valence-corrected chi connectivity index (χ1v) is 10.3. The normalized spacial score (nSPS) is 16.3. The second-order valence-corrected chi connectivity index (χ2v) is 8.83. The largest absolute Gasteiger partial charge is 0.494 e. The van der Waals surface area contributed by atoms with Gasteiger partial charge >= 0.3 is 0 Å². The zero-order valence-electron chi connectivity index (χ0n) is 18.6. The van der Waals surface area contributed by atoms with Crippen molar-refractivity contribution in [3.63, 3.8) is 0 Å². The molecule has 1 aromatic carbocycles. The maximum absolute atomic E-state index is 13.9. The van der Waals surface area contributed by atoms with E-state index in [1.807, 2.05) is 13.1 Å². The quantitative estimate of drug-likeness (QED) is 0.242. The van der Waals surface area contributed by atoms with Gasteiger partial charge in [0, 0.05) is 39.3 Å². The minimum absolute atomic E-state index is 0. The highest BCUT2D eigenvalue weighted by atomic mass is 127. The van der Waals surface area contributed by atoms with Crippen LogP contribution in [-0.4, -0.2) is 50.7 Å². The lowest BCUT2D eigenvalue weighted by Gasteiger charge is -2.33. The number of rotatable bonds is 7. The summed E-state index contributed by atoms with van der Waals surface area (Å²) in [5.41, 5.74) is 1.36. The van der Waals surface area contributed by atoms with Crippen molar-refractivity contribution < 1.29 is 9.13 Å². The second-order valence-electron chi connectivity index (χ2n) is 8.83. The number of nitrogens with zero attached hydrogens (tertiary/aromatic N) is 2. The van der Waals surface area contributed by atoms with Gasteiger partial charge in [-0.15, -0.1) is 24.0 Å². The fourth-order valence-corrected chi connectivity index (χ4v) is 3.52. The molecule has 2 N–H and O–H groups in total. The maximum atomic E-state index is 13.9. The number of hydrogen-bond acceptors (Lipinski definition) is 3. The first-order valence-electron chi connectivity index (χ1n) is 10.3. The smallest absolute Gasteiger partial charge is 0.191 e. The van der Waals surface area contributed by atoms with Gasteiger partial charge in [-0.25, -0.2) is 4.39 Å². The zero-order valence-corrected chi connectivity index (χ0v) is 20.9. The minimum Gasteiger partial charge on any atom is -0.494 e. The van der Waals surface area contributed by atoms with Crippen LogP contribution in [0.3, 0.4) is 0 Å². The molecule has 1 aliphatic heterocycles. The van der Waals surface area contributed by atoms with E-state index in [0.717, 1.165) is 57.0 Å². The van der Waals surface area contributed by atoms with Crippen LogP contribution in [-0.2, 0) is 6.54 Å². The number of halogens is 2. The lowest BCUT2D eigenvalue weighted by atomic mass is 9.91. The summed E-state index contributed by atoms with van der Waals surface area (Å²) in [5, 5.41) is 6.98. The maximum Gasteiger partial charge on any atom is 0.191 e. The monoisotopic (exact) mass is 520 g/mol. The van der Waals surface area contributed by atoms with Crippen LogP contribution in [0, 0.1) is 11.2 Å². The van der Waals surface area contributed by atoms with Crippen LogP contribution < -0.4 is 15.4 Å². The van der Waals surface area contributed by atoms with Crippen LogP contribution in [0.25, 0.3) is 0 Å². The first-order chi connectivity index (χ1) is 13.3. The Hall–Kier alpha value is -1.09. The molecule has 0 radical (unpaired) electrons. The Kier molecular flexibility index (Phi) is 11.2. The highest BCUT2D eigenvalue weighted by Crippen LogP contribution is 2.21. The summed E-state index contributed by atoms with van der Waals surface area (Å²) in [6.45, 7) is 10.5. The number of piperidine rings is 1. The molecule has 0 saturated carbocycles. The van der Waals surface area contributed by atoms with E-state index in [1.165, 1.54) is 13.5 Å². The van der Waals surface area contributed by atoms with E-state index in [1.54, 1.807) is 12.1 Å². The number of hydrogen-bond donors (Lipinski definition) is 2. The first kappa shape index (κ1) is 25.9. The van der Waals surface area contributed by atoms with Gasteiger partial charge in [0.2, 0.25) is 0 Å². The Morgan fingerprint density at radius 3 is 2.52 bits per heavy atom. The molecule has 2 rings (SSSR count). The Bertz CT molecular complexity index is 640. The fraction of sp³-hybridized carbons (Fsp3) is 0.682. The molecule has 0 bridgehead atoms. The number of methoxy groups -OCH3 is 1. The van der Waals surface area contributed by atoms with Gasteiger partial charge in [0.15, 0.2) is 17.5 Å². The summed E-state index contributed by atoms with van der Waals surface area (Å²) in [4.78, 5) is 6.73. The predicted molar refractivity (Wildman–Crippen MR) is 130 cm³/mol. The number of aliphatic imine (C=N–C) groups is 1. The van der Waals surface area contributed by atoms with Crippen LogP contribution in [0.1, 0.15) is 52.0 Å². The minimum atomic E-state index is -0.294. The molecule has 5 nitrogen and oxygen atoms in total. The summed E-state index contributed by atoms with van der Waals surface area (Å²) in [7, 11) is 3.32. The molecule has 0 aromatic heterocycles. The van der Waals surface area contributed by atoms with E-state index in [0.29, 0.717) is 17.2 Å². The van der Waals surface area contributed by atoms with Gasteiger partial charge in [0.25, 0.3) is 0 Å². The highest BCUT2D eigenvalue weighted by molar-refractivity contribution is 14.0. The van der Waals surface area contributed by atoms with Crippen LogP contribution in [0.4, 0.5) is 4.39 Å². The molecule has 1 aliphatic rings. The Balaban J connectivity index is 0.00000420. The van der Waals surface area contributed by atoms with Crippen molar-refractivity contribution in [2.45, 2.75) is 59.0 Å². The molecule has 29 heavy (non-hydrogen) atoms. The zero-order chi connectivity index (χ0) is 20.6. The number of ether oxygens (including phenoxy) is 1. The third-order valence-corrected chi connectivity index (χ3v) is 5.17. The van der Waals surface area contributed by atoms with Crippen molar-refractivity contribution in [3.8, 4) is 5.75 Å². The molecule has 1 fully saturated rings. The Labute approximate surface area is 192 Å². The van der Waals surface area contributed by atoms with Crippen LogP contribution in [0.5, 0.6) is 5.75 Å². The third-order valence-electron chi connectivity index (χ3n) is 5.17. The number of likely N-dealkylation sites (tertiary alicyclic amines) is 1. The standard InChI is InChI=1S/C22H37FN4O.HI/c1-22(2,3)11-6-12-25-21(24-4)26-18-9-13-27(14-10-18)16-17-7-8-20(28-5)19(23)15-17;/h7-8,15,18H,6,9-14,16H2,1-5H3,(H2,24,25,26);1H. The average molecular weight is 520 g/mol. The van der Waals surface area contributed by atoms with Crippen LogP contribution in [0.15, 0.2) is 23.2 Å². The van der Waals surface area contributed by atoms with Crippen molar-refractivity contribution in [1.29, 1.82) is 0 Å². The second kappa shape index (κ2) is 12.6. The number of guanidine groups is 1. The predicted octanol–water partition coefficient (Wildman–Crippen LogP) is 4.41. The molecular formula is C22H38FIN4O. The molecule has 0 aliphatic carbocycles. The Morgan fingerprint density at radius 1 is 1.28 bits per heavy atom. The van der Waals surface area contributed by atoms with Crippen LogP contribution in [0.2, 0.25) is 0 Å². The van der Waals surface area contributed by atoms with Gasteiger partial charge in [-0.3, -0.25) is 9.89 Å². The summed E-state index contributed by atoms with van der Waals surface area (Å²) in [6.07, 6.45) is 4.45. The van der Waals surface area contributed by atoms with Gasteiger partial charge in [0.1, 0.15) is 0 Å². The van der Waals surface area contributed by atoms with Crippen molar-refractivity contribution in [2.24, 2.45) is 10.4 Å². The topological polar surface area (TPSA) is 48.9 Å². The van der Waals surface area contributed by atoms with Crippen molar-refractivity contribution >= 4 is 29.9 Å². The van der Waals surface area contributed by atoms with Crippen LogP contribution >= 0.6 is 24.0 Å². The summed E-state index contributed by atoms with van der Waals surface area (Å²) >= 11 is 0. The van der Waals surface area contributed by atoms with Gasteiger partial charge in [-0.1, -0.05) is 26.8 Å². The molecule has 1 aromatic rings. The lowest BCUT2D eigenvalue weighted by molar-refractivity contribution is 0.198. The summed E-state index contributed by atoms with van der Waals surface area (Å²) in [6, 6.07) is 5.65. The van der Waals surface area contributed by atoms with Crippen molar-refractivity contribution in [1.82, 2.24) is 15.5 Å². The van der Waals surface area contributed by atoms with E-state index in [4.69, 9.17) is 4.74 Å². The molecule has 0 unspecified atom stereocenters. The van der Waals surface area contributed by atoms with E-state index in [9.17, 15) is 4.39 Å². The highest BCUT2D eigenvalue weighted by Gasteiger charge is 2.20. The number of nitrogens with one attached hydrogen (secondary N) is 2. The SMILES string of the molecule is CN=C(NCCCC(C)(C)C)NC1CCN(Cc2ccc(OC)c(F)c2)CC1.I. The summed E-state index contributed by atoms with van der Waals surface area (Å²) < 4.78 is 18.9. The average Bonchev–Trinajstić information content (AvgIpc) is 2.65. The molecule has 0 spiro atoms. The molecule has 0 atom stereocenters. The van der Waals surface area contributed by atoms with E-state index >= 15 is 0 Å². The van der Waals surface area contributed by atoms with Gasteiger partial charge in [-0.05, 0) is 48.8 Å². The van der Waals surface area contributed by atoms with E-state index in [2.05, 4.69) is 41.3 Å². The fourth-order valence-electron chi connectivity index (χ4n) is 3.52. The van der Waals surface area contributed by atoms with E-state index in [-0.39, 0.29) is 29.8 Å². The molecule has 1 heterocycles. The lowest BCUT2D eigenvalue weighted by Crippen LogP contribution is -2.48. The molecule has 0 amide bonds. The summed E-state index contributed by atoms with van der Waals surface area (Å²) in [5.74, 6) is 0.899. The molecule has 7 heteroatoms. The Morgan fingerprint density at radius 2 is 1.97 bits per heavy atom. The molecule has 166 valence electrons. The van der Waals surface area contributed by atoms with Gasteiger partial charge in [-0.2, -0.15) is 0 Å². The van der Waals surface area contributed by atoms with Crippen molar-refractivity contribution in [3.05, 3.63) is 29.6 Å². The molecular weight excluding hydrogens is 482 g/mol. The molecule has 1 saturated heterocycles. The van der Waals surface area contributed by atoms with E-state index < -0.39 is 0 Å². The van der Waals surface area contributed by atoms with Gasteiger partial charge < -0.3 is 15.4 Å². The van der Waals surface area contributed by atoms with Crippen molar-refractivity contribution in [2.75, 3.05) is 33.8 Å². The van der Waals surface area contributed by atoms with Gasteiger partial charge in [0.05, 0.1) is 7.11 Å². The third kappa shape index (κ3) is 9.51. The number of benzene rings is 1.